The molecule has 0 aliphatic carbocycles. The minimum absolute atomic E-state index is 0.136. The lowest BCUT2D eigenvalue weighted by atomic mass is 10.1. The molecule has 4 nitrogen and oxygen atoms in total. The van der Waals surface area contributed by atoms with Gasteiger partial charge in [-0.1, -0.05) is 23.7 Å². The molecule has 0 aliphatic rings. The van der Waals surface area contributed by atoms with Crippen LogP contribution in [0.2, 0.25) is 5.02 Å². The molecule has 0 bridgehead atoms. The number of aromatic nitrogens is 2. The molecule has 1 aromatic heterocycles. The quantitative estimate of drug-likeness (QED) is 0.883. The number of aryl methyl sites for hydroxylation is 1. The molecule has 0 aliphatic heterocycles. The van der Waals surface area contributed by atoms with E-state index in [0.29, 0.717) is 6.61 Å². The smallest absolute Gasteiger partial charge is 0.0657 e. The average Bonchev–Trinajstić information content (AvgIpc) is 2.81. The minimum atomic E-state index is 0.136. The molecule has 1 aromatic carbocycles. The van der Waals surface area contributed by atoms with E-state index in [2.05, 4.69) is 10.4 Å². The van der Waals surface area contributed by atoms with Gasteiger partial charge in [0.25, 0.3) is 0 Å². The Hall–Kier alpha value is -1.36. The molecule has 19 heavy (non-hydrogen) atoms. The topological polar surface area (TPSA) is 39.1 Å². The van der Waals surface area contributed by atoms with E-state index in [0.717, 1.165) is 22.8 Å². The summed E-state index contributed by atoms with van der Waals surface area (Å²) in [4.78, 5) is 0. The Balaban J connectivity index is 2.04. The van der Waals surface area contributed by atoms with Crippen LogP contribution in [-0.4, -0.2) is 23.5 Å². The zero-order valence-corrected chi connectivity index (χ0v) is 11.9. The number of ether oxygens (including phenoxy) is 1. The van der Waals surface area contributed by atoms with Gasteiger partial charge in [-0.2, -0.15) is 5.10 Å². The second-order valence-electron chi connectivity index (χ2n) is 4.39. The van der Waals surface area contributed by atoms with E-state index >= 15 is 0 Å². The van der Waals surface area contributed by atoms with Crippen molar-refractivity contribution in [1.82, 2.24) is 15.1 Å². The molecule has 2 aromatic rings. The van der Waals surface area contributed by atoms with Crippen LogP contribution in [-0.2, 0) is 18.3 Å². The van der Waals surface area contributed by atoms with Crippen LogP contribution in [0.3, 0.4) is 0 Å². The maximum absolute atomic E-state index is 5.91. The van der Waals surface area contributed by atoms with Crippen LogP contribution in [0.25, 0.3) is 0 Å². The Morgan fingerprint density at radius 1 is 1.32 bits per heavy atom. The van der Waals surface area contributed by atoms with Gasteiger partial charge >= 0.3 is 0 Å². The lowest BCUT2D eigenvalue weighted by Crippen LogP contribution is -2.25. The number of nitrogens with zero attached hydrogens (tertiary/aromatic N) is 2. The van der Waals surface area contributed by atoms with Gasteiger partial charge in [0, 0.05) is 31.9 Å². The summed E-state index contributed by atoms with van der Waals surface area (Å²) >= 11 is 5.91. The first-order chi connectivity index (χ1) is 9.20. The molecule has 0 radical (unpaired) electrons. The lowest BCUT2D eigenvalue weighted by molar-refractivity contribution is 0.166. The predicted molar refractivity (Wildman–Crippen MR) is 76.1 cm³/mol. The second-order valence-corrected chi connectivity index (χ2v) is 4.82. The molecule has 1 N–H and O–H groups in total. The molecule has 1 atom stereocenters. The van der Waals surface area contributed by atoms with Gasteiger partial charge in [-0.05, 0) is 23.8 Å². The van der Waals surface area contributed by atoms with Crippen molar-refractivity contribution < 1.29 is 4.74 Å². The summed E-state index contributed by atoms with van der Waals surface area (Å²) in [7, 11) is 3.64. The normalized spacial score (nSPS) is 12.6. The van der Waals surface area contributed by atoms with Crippen LogP contribution >= 0.6 is 11.6 Å². The van der Waals surface area contributed by atoms with E-state index in [1.165, 1.54) is 0 Å². The maximum Gasteiger partial charge on any atom is 0.0657 e. The predicted octanol–water partition coefficient (Wildman–Crippen LogP) is 2.55. The Bertz CT molecular complexity index is 510. The van der Waals surface area contributed by atoms with Crippen molar-refractivity contribution in [3.63, 3.8) is 0 Å². The van der Waals surface area contributed by atoms with Crippen LogP contribution in [0.1, 0.15) is 17.3 Å². The van der Waals surface area contributed by atoms with Crippen LogP contribution in [0.4, 0.5) is 0 Å². The number of halogens is 1. The lowest BCUT2D eigenvalue weighted by Gasteiger charge is -2.18. The van der Waals surface area contributed by atoms with E-state index in [1.54, 1.807) is 13.3 Å². The summed E-state index contributed by atoms with van der Waals surface area (Å²) in [6.07, 6.45) is 1.80. The number of methoxy groups -OCH3 is 1. The zero-order valence-electron chi connectivity index (χ0n) is 11.1. The molecule has 102 valence electrons. The first-order valence-electron chi connectivity index (χ1n) is 6.15. The number of hydrogen-bond donors (Lipinski definition) is 1. The van der Waals surface area contributed by atoms with Gasteiger partial charge in [0.2, 0.25) is 0 Å². The van der Waals surface area contributed by atoms with Crippen molar-refractivity contribution >= 4 is 11.6 Å². The summed E-state index contributed by atoms with van der Waals surface area (Å²) in [5.41, 5.74) is 2.29. The highest BCUT2D eigenvalue weighted by Gasteiger charge is 2.11. The monoisotopic (exact) mass is 279 g/mol. The fraction of sp³-hybridized carbons (Fsp3) is 0.357. The molecule has 0 saturated carbocycles. The van der Waals surface area contributed by atoms with Gasteiger partial charge in [0.05, 0.1) is 18.3 Å². The first-order valence-corrected chi connectivity index (χ1v) is 6.53. The summed E-state index contributed by atoms with van der Waals surface area (Å²) in [6, 6.07) is 9.96. The van der Waals surface area contributed by atoms with Gasteiger partial charge in [-0.25, -0.2) is 0 Å². The number of hydrogen-bond acceptors (Lipinski definition) is 3. The molecule has 2 rings (SSSR count). The minimum Gasteiger partial charge on any atom is -0.383 e. The SMILES string of the molecule is COC[C@@H](NCc1ccnn1C)c1ccc(Cl)cc1. The highest BCUT2D eigenvalue weighted by Crippen LogP contribution is 2.17. The number of rotatable bonds is 6. The molecule has 0 saturated heterocycles. The van der Waals surface area contributed by atoms with Crippen molar-refractivity contribution in [1.29, 1.82) is 0 Å². The third-order valence-corrected chi connectivity index (χ3v) is 3.31. The van der Waals surface area contributed by atoms with Gasteiger partial charge in [-0.15, -0.1) is 0 Å². The Morgan fingerprint density at radius 2 is 2.05 bits per heavy atom. The third-order valence-electron chi connectivity index (χ3n) is 3.06. The van der Waals surface area contributed by atoms with Crippen molar-refractivity contribution in [2.75, 3.05) is 13.7 Å². The molecule has 5 heteroatoms. The first kappa shape index (κ1) is 14.1. The van der Waals surface area contributed by atoms with Crippen molar-refractivity contribution in [3.8, 4) is 0 Å². The maximum atomic E-state index is 5.91. The average molecular weight is 280 g/mol. The van der Waals surface area contributed by atoms with E-state index in [4.69, 9.17) is 16.3 Å². The van der Waals surface area contributed by atoms with Crippen molar-refractivity contribution in [3.05, 3.63) is 52.8 Å². The molecule has 0 unspecified atom stereocenters. The van der Waals surface area contributed by atoms with Crippen LogP contribution in [0.15, 0.2) is 36.5 Å². The highest BCUT2D eigenvalue weighted by atomic mass is 35.5. The molecular weight excluding hydrogens is 262 g/mol. The Morgan fingerprint density at radius 3 is 2.63 bits per heavy atom. The van der Waals surface area contributed by atoms with E-state index in [9.17, 15) is 0 Å². The summed E-state index contributed by atoms with van der Waals surface area (Å²) < 4.78 is 7.13. The molecule has 1 heterocycles. The molecule has 0 amide bonds. The third kappa shape index (κ3) is 3.80. The van der Waals surface area contributed by atoms with Crippen molar-refractivity contribution in [2.45, 2.75) is 12.6 Å². The van der Waals surface area contributed by atoms with Crippen LogP contribution in [0.5, 0.6) is 0 Å². The zero-order chi connectivity index (χ0) is 13.7. The standard InChI is InChI=1S/C14H18ClN3O/c1-18-13(7-8-17-18)9-16-14(10-19-2)11-3-5-12(15)6-4-11/h3-8,14,16H,9-10H2,1-2H3/t14-/m1/s1. The Kier molecular flexibility index (Phi) is 4.96. The largest absolute Gasteiger partial charge is 0.383 e. The molecular formula is C14H18ClN3O. The summed E-state index contributed by atoms with van der Waals surface area (Å²) in [5, 5.41) is 8.37. The molecule has 0 fully saturated rings. The highest BCUT2D eigenvalue weighted by molar-refractivity contribution is 6.30. The van der Waals surface area contributed by atoms with E-state index < -0.39 is 0 Å². The van der Waals surface area contributed by atoms with Gasteiger partial charge < -0.3 is 10.1 Å². The van der Waals surface area contributed by atoms with E-state index in [-0.39, 0.29) is 6.04 Å². The van der Waals surface area contributed by atoms with Gasteiger partial charge in [0.1, 0.15) is 0 Å². The fourth-order valence-corrected chi connectivity index (χ4v) is 2.06. The second kappa shape index (κ2) is 6.70. The van der Waals surface area contributed by atoms with Crippen LogP contribution < -0.4 is 5.32 Å². The number of benzene rings is 1. The fourth-order valence-electron chi connectivity index (χ4n) is 1.94. The summed E-state index contributed by atoms with van der Waals surface area (Å²) in [5.74, 6) is 0. The Labute approximate surface area is 118 Å². The van der Waals surface area contributed by atoms with Crippen molar-refractivity contribution in [2.24, 2.45) is 7.05 Å². The van der Waals surface area contributed by atoms with Gasteiger partial charge in [0.15, 0.2) is 0 Å². The van der Waals surface area contributed by atoms with Gasteiger partial charge in [-0.3, -0.25) is 4.68 Å². The molecule has 0 spiro atoms. The summed E-state index contributed by atoms with van der Waals surface area (Å²) in [6.45, 7) is 1.35. The van der Waals surface area contributed by atoms with E-state index in [1.807, 2.05) is 42.1 Å². The number of nitrogens with one attached hydrogen (secondary N) is 1. The van der Waals surface area contributed by atoms with Crippen LogP contribution in [0, 0.1) is 0 Å².